The summed E-state index contributed by atoms with van der Waals surface area (Å²) in [5, 5.41) is 2.79. The fourth-order valence-corrected chi connectivity index (χ4v) is 3.08. The molecule has 27 heavy (non-hydrogen) atoms. The highest BCUT2D eigenvalue weighted by atomic mass is 16.5. The first kappa shape index (κ1) is 18.7. The molecule has 2 aromatic rings. The Bertz CT molecular complexity index is 832. The Hall–Kier alpha value is -3.09. The van der Waals surface area contributed by atoms with Gasteiger partial charge in [-0.2, -0.15) is 0 Å². The Morgan fingerprint density at radius 2 is 1.67 bits per heavy atom. The first-order valence-electron chi connectivity index (χ1n) is 8.90. The van der Waals surface area contributed by atoms with Crippen LogP contribution in [-0.2, 0) is 0 Å². The number of amides is 2. The van der Waals surface area contributed by atoms with Gasteiger partial charge in [0.05, 0.1) is 25.3 Å². The molecule has 142 valence electrons. The fourth-order valence-electron chi connectivity index (χ4n) is 3.08. The maximum absolute atomic E-state index is 12.6. The van der Waals surface area contributed by atoms with Gasteiger partial charge in [-0.25, -0.2) is 0 Å². The number of methoxy groups -OCH3 is 2. The van der Waals surface area contributed by atoms with Crippen LogP contribution in [0.5, 0.6) is 11.5 Å². The zero-order valence-corrected chi connectivity index (χ0v) is 15.5. The molecule has 3 rings (SSSR count). The molecule has 1 fully saturated rings. The first-order valence-corrected chi connectivity index (χ1v) is 8.90. The van der Waals surface area contributed by atoms with E-state index in [2.05, 4.69) is 10.3 Å². The monoisotopic (exact) mass is 369 g/mol. The summed E-state index contributed by atoms with van der Waals surface area (Å²) in [6.45, 7) is 1.50. The number of carbonyl (C=O) groups excluding carboxylic acids is 2. The van der Waals surface area contributed by atoms with Crippen molar-refractivity contribution in [1.82, 2.24) is 9.88 Å². The van der Waals surface area contributed by atoms with Crippen LogP contribution in [0.3, 0.4) is 0 Å². The summed E-state index contributed by atoms with van der Waals surface area (Å²) >= 11 is 0. The number of nitrogens with zero attached hydrogens (tertiary/aromatic N) is 2. The molecular formula is C20H23N3O4. The number of rotatable bonds is 5. The Kier molecular flexibility index (Phi) is 5.90. The molecule has 1 N–H and O–H groups in total. The average molecular weight is 369 g/mol. The predicted octanol–water partition coefficient (Wildman–Crippen LogP) is 2.98. The van der Waals surface area contributed by atoms with Crippen molar-refractivity contribution in [2.45, 2.75) is 19.3 Å². The number of carbonyl (C=O) groups is 2. The van der Waals surface area contributed by atoms with Crippen molar-refractivity contribution in [2.24, 2.45) is 0 Å². The Morgan fingerprint density at radius 1 is 0.963 bits per heavy atom. The molecular weight excluding hydrogens is 346 g/mol. The third-order valence-electron chi connectivity index (χ3n) is 4.53. The molecule has 0 aliphatic carbocycles. The molecule has 0 atom stereocenters. The maximum atomic E-state index is 12.6. The van der Waals surface area contributed by atoms with Gasteiger partial charge in [0.1, 0.15) is 0 Å². The number of pyridine rings is 1. The molecule has 7 heteroatoms. The van der Waals surface area contributed by atoms with Gasteiger partial charge in [-0.05, 0) is 37.5 Å². The second kappa shape index (κ2) is 8.53. The van der Waals surface area contributed by atoms with E-state index < -0.39 is 0 Å². The number of nitrogens with one attached hydrogen (secondary N) is 1. The van der Waals surface area contributed by atoms with Crippen molar-refractivity contribution in [3.8, 4) is 11.5 Å². The van der Waals surface area contributed by atoms with Gasteiger partial charge in [0.15, 0.2) is 11.5 Å². The quantitative estimate of drug-likeness (QED) is 0.876. The molecule has 0 bridgehead atoms. The van der Waals surface area contributed by atoms with Crippen molar-refractivity contribution in [1.29, 1.82) is 0 Å². The van der Waals surface area contributed by atoms with Gasteiger partial charge in [-0.1, -0.05) is 0 Å². The van der Waals surface area contributed by atoms with Crippen molar-refractivity contribution < 1.29 is 19.1 Å². The lowest BCUT2D eigenvalue weighted by atomic mass is 10.1. The summed E-state index contributed by atoms with van der Waals surface area (Å²) in [5.41, 5.74) is 1.31. The highest BCUT2D eigenvalue weighted by Gasteiger charge is 2.20. The molecule has 1 aromatic carbocycles. The second-order valence-corrected chi connectivity index (χ2v) is 6.34. The SMILES string of the molecule is COc1ccc(NC(=O)c2cncc(C(=O)N3CCCCC3)c2)cc1OC. The minimum Gasteiger partial charge on any atom is -0.493 e. The summed E-state index contributed by atoms with van der Waals surface area (Å²) in [5.74, 6) is 0.666. The van der Waals surface area contributed by atoms with Crippen LogP contribution in [0, 0.1) is 0 Å². The van der Waals surface area contributed by atoms with E-state index in [0.29, 0.717) is 28.3 Å². The normalized spacial score (nSPS) is 13.8. The summed E-state index contributed by atoms with van der Waals surface area (Å²) in [7, 11) is 3.08. The molecule has 1 saturated heterocycles. The van der Waals surface area contributed by atoms with Gasteiger partial charge in [-0.3, -0.25) is 14.6 Å². The number of hydrogen-bond acceptors (Lipinski definition) is 5. The highest BCUT2D eigenvalue weighted by Crippen LogP contribution is 2.29. The minimum atomic E-state index is -0.344. The molecule has 7 nitrogen and oxygen atoms in total. The number of hydrogen-bond donors (Lipinski definition) is 1. The molecule has 2 amide bonds. The van der Waals surface area contributed by atoms with Crippen LogP contribution in [0.15, 0.2) is 36.7 Å². The molecule has 0 radical (unpaired) electrons. The third kappa shape index (κ3) is 4.36. The smallest absolute Gasteiger partial charge is 0.257 e. The van der Waals surface area contributed by atoms with Crippen LogP contribution in [0.2, 0.25) is 0 Å². The van der Waals surface area contributed by atoms with E-state index in [1.165, 1.54) is 19.5 Å². The summed E-state index contributed by atoms with van der Waals surface area (Å²) < 4.78 is 10.4. The number of ether oxygens (including phenoxy) is 2. The van der Waals surface area contributed by atoms with Gasteiger partial charge in [0, 0.05) is 37.2 Å². The Labute approximate surface area is 158 Å². The molecule has 0 saturated carbocycles. The topological polar surface area (TPSA) is 80.8 Å². The molecule has 1 aromatic heterocycles. The second-order valence-electron chi connectivity index (χ2n) is 6.34. The summed E-state index contributed by atoms with van der Waals surface area (Å²) in [6.07, 6.45) is 6.13. The Morgan fingerprint density at radius 3 is 2.37 bits per heavy atom. The van der Waals surface area contributed by atoms with Gasteiger partial charge < -0.3 is 19.7 Å². The van der Waals surface area contributed by atoms with E-state index in [-0.39, 0.29) is 11.8 Å². The zero-order chi connectivity index (χ0) is 19.2. The molecule has 1 aliphatic heterocycles. The van der Waals surface area contributed by atoms with Crippen LogP contribution in [0.4, 0.5) is 5.69 Å². The lowest BCUT2D eigenvalue weighted by molar-refractivity contribution is 0.0724. The summed E-state index contributed by atoms with van der Waals surface area (Å²) in [4.78, 5) is 31.1. The van der Waals surface area contributed by atoms with E-state index >= 15 is 0 Å². The van der Waals surface area contributed by atoms with Crippen LogP contribution >= 0.6 is 0 Å². The van der Waals surface area contributed by atoms with Gasteiger partial charge >= 0.3 is 0 Å². The van der Waals surface area contributed by atoms with Gasteiger partial charge in [-0.15, -0.1) is 0 Å². The lowest BCUT2D eigenvalue weighted by Gasteiger charge is -2.26. The summed E-state index contributed by atoms with van der Waals surface area (Å²) in [6, 6.07) is 6.69. The number of anilines is 1. The number of aromatic nitrogens is 1. The standard InChI is InChI=1S/C20H23N3O4/c1-26-17-7-6-16(11-18(17)27-2)22-19(24)14-10-15(13-21-12-14)20(25)23-8-4-3-5-9-23/h6-7,10-13H,3-5,8-9H2,1-2H3,(H,22,24). The van der Waals surface area contributed by atoms with E-state index in [1.54, 1.807) is 31.4 Å². The largest absolute Gasteiger partial charge is 0.493 e. The fraction of sp³-hybridized carbons (Fsp3) is 0.350. The molecule has 1 aliphatic rings. The van der Waals surface area contributed by atoms with E-state index in [4.69, 9.17) is 9.47 Å². The van der Waals surface area contributed by atoms with Crippen LogP contribution in [0.1, 0.15) is 40.0 Å². The number of benzene rings is 1. The number of likely N-dealkylation sites (tertiary alicyclic amines) is 1. The van der Waals surface area contributed by atoms with E-state index in [9.17, 15) is 9.59 Å². The van der Waals surface area contributed by atoms with Gasteiger partial charge in [0.2, 0.25) is 0 Å². The minimum absolute atomic E-state index is 0.0806. The number of piperidine rings is 1. The van der Waals surface area contributed by atoms with E-state index in [0.717, 1.165) is 32.4 Å². The van der Waals surface area contributed by atoms with Gasteiger partial charge in [0.25, 0.3) is 11.8 Å². The van der Waals surface area contributed by atoms with Crippen molar-refractivity contribution in [3.05, 3.63) is 47.8 Å². The maximum Gasteiger partial charge on any atom is 0.257 e. The first-order chi connectivity index (χ1) is 13.1. The van der Waals surface area contributed by atoms with Crippen LogP contribution < -0.4 is 14.8 Å². The molecule has 0 unspecified atom stereocenters. The van der Waals surface area contributed by atoms with Crippen LogP contribution in [-0.4, -0.2) is 49.0 Å². The Balaban J connectivity index is 1.74. The van der Waals surface area contributed by atoms with Crippen molar-refractivity contribution >= 4 is 17.5 Å². The molecule has 0 spiro atoms. The zero-order valence-electron chi connectivity index (χ0n) is 15.5. The predicted molar refractivity (Wildman–Crippen MR) is 101 cm³/mol. The van der Waals surface area contributed by atoms with Crippen molar-refractivity contribution in [2.75, 3.05) is 32.6 Å². The highest BCUT2D eigenvalue weighted by molar-refractivity contribution is 6.06. The lowest BCUT2D eigenvalue weighted by Crippen LogP contribution is -2.35. The van der Waals surface area contributed by atoms with Crippen LogP contribution in [0.25, 0.3) is 0 Å². The third-order valence-corrected chi connectivity index (χ3v) is 4.53. The van der Waals surface area contributed by atoms with E-state index in [1.807, 2.05) is 4.90 Å². The average Bonchev–Trinajstić information content (AvgIpc) is 2.73. The molecule has 2 heterocycles. The van der Waals surface area contributed by atoms with Crippen molar-refractivity contribution in [3.63, 3.8) is 0 Å².